The van der Waals surface area contributed by atoms with Crippen LogP contribution in [0.15, 0.2) is 121 Å². The van der Waals surface area contributed by atoms with Gasteiger partial charge in [-0.25, -0.2) is 0 Å². The van der Waals surface area contributed by atoms with E-state index < -0.39 is 36.5 Å². The quantitative estimate of drug-likeness (QED) is 0.0283. The fourth-order valence-electron chi connectivity index (χ4n) is 8.23. The maximum Gasteiger partial charge on any atom is 0.575 e. The van der Waals surface area contributed by atoms with Crippen LogP contribution >= 0.6 is 0 Å². The van der Waals surface area contributed by atoms with Crippen molar-refractivity contribution >= 4 is 68.4 Å². The number of nitrogens with zero attached hydrogens (tertiary/aromatic N) is 2. The van der Waals surface area contributed by atoms with Crippen molar-refractivity contribution in [2.45, 2.75) is 124 Å². The summed E-state index contributed by atoms with van der Waals surface area (Å²) in [6.45, 7) is 18.6. The van der Waals surface area contributed by atoms with Crippen molar-refractivity contribution < 1.29 is 66.9 Å². The molecule has 0 radical (unpaired) electrons. The zero-order valence-corrected chi connectivity index (χ0v) is 42.5. The number of benzene rings is 4. The number of esters is 1. The van der Waals surface area contributed by atoms with Crippen LogP contribution in [0.5, 0.6) is 0 Å². The Labute approximate surface area is 419 Å². The van der Waals surface area contributed by atoms with Crippen LogP contribution in [-0.4, -0.2) is 86.2 Å². The second-order valence-corrected chi connectivity index (χ2v) is 17.5. The summed E-state index contributed by atoms with van der Waals surface area (Å²) in [4.78, 5) is 52.5. The zero-order chi connectivity index (χ0) is 54.6. The van der Waals surface area contributed by atoms with Crippen LogP contribution in [0.3, 0.4) is 0 Å². The molecule has 4 aromatic rings. The highest BCUT2D eigenvalue weighted by molar-refractivity contribution is 6.07. The predicted molar refractivity (Wildman–Crippen MR) is 276 cm³/mol. The second kappa shape index (κ2) is 28.1. The van der Waals surface area contributed by atoms with E-state index >= 15 is 0 Å². The molecule has 6 rings (SSSR count). The smallest absolute Gasteiger partial charge is 0.481 e. The van der Waals surface area contributed by atoms with E-state index in [4.69, 9.17) is 26.8 Å². The molecule has 0 fully saturated rings. The number of carboxylic acids is 3. The van der Waals surface area contributed by atoms with Crippen LogP contribution in [0.2, 0.25) is 0 Å². The molecule has 390 valence electrons. The van der Waals surface area contributed by atoms with Gasteiger partial charge in [0, 0.05) is 80.1 Å². The normalized spacial score (nSPS) is 15.3. The number of ether oxygens (including phenoxy) is 1. The van der Waals surface area contributed by atoms with Crippen molar-refractivity contribution in [3.05, 3.63) is 132 Å². The molecule has 0 bridgehead atoms. The standard InChI is InChI=1S/C42H46N4O2.C5H8O4.C3H3F3O2.C3H6O2.C2H6/c1-28(12-10-18-35-41(2,3)39-31-16-8-6-14-29(31)20-22-33(39)45(35)26-24-37(43)47)13-11-19-36-42(4,5)40-32-17-9-7-15-30(32)21-23-34(40)46(36)27-25-38(44)48;6-4(7)2-1-3-5(8)9;1-2(7)8-3(4,5)6;1-2-3(4)5;1-2/h6-23,37,47H,24-27,43H2,1-5H3,(H-,44,48);1-3H2,(H,6,7)(H,8,9);1H3;2H2,1H3,(H,4,5);1-2H3/p+1. The minimum absolute atomic E-state index is 0.0632. The molecule has 0 aromatic heterocycles. The van der Waals surface area contributed by atoms with E-state index in [1.807, 2.05) is 13.8 Å². The first-order valence-corrected chi connectivity index (χ1v) is 23.6. The molecule has 2 heterocycles. The maximum absolute atomic E-state index is 11.8. The number of aliphatic hydroxyl groups is 1. The van der Waals surface area contributed by atoms with E-state index in [1.54, 1.807) is 6.92 Å². The number of carbonyl (C=O) groups excluding carboxylic acids is 2. The number of halogens is 3. The van der Waals surface area contributed by atoms with Gasteiger partial charge in [-0.3, -0.25) is 24.0 Å². The largest absolute Gasteiger partial charge is 0.575 e. The van der Waals surface area contributed by atoms with Crippen molar-refractivity contribution in [1.29, 1.82) is 0 Å². The van der Waals surface area contributed by atoms with Crippen LogP contribution in [0.1, 0.15) is 112 Å². The van der Waals surface area contributed by atoms with Gasteiger partial charge in [-0.1, -0.05) is 119 Å². The summed E-state index contributed by atoms with van der Waals surface area (Å²) in [6.07, 6.45) is 8.20. The van der Waals surface area contributed by atoms with Crippen LogP contribution in [0.4, 0.5) is 24.5 Å². The first kappa shape index (κ1) is 61.0. The lowest BCUT2D eigenvalue weighted by Gasteiger charge is -2.26. The Morgan fingerprint density at radius 1 is 0.778 bits per heavy atom. The summed E-state index contributed by atoms with van der Waals surface area (Å²) in [5.74, 6) is -4.30. The average molecular weight is 1000 g/mol. The number of rotatable bonds is 15. The fraction of sp³-hybridized carbons (Fsp3) is 0.382. The summed E-state index contributed by atoms with van der Waals surface area (Å²) < 4.78 is 37.7. The third kappa shape index (κ3) is 17.9. The molecule has 8 N–H and O–H groups in total. The monoisotopic (exact) mass is 1000 g/mol. The Bertz CT molecular complexity index is 2680. The number of carbonyl (C=O) groups is 5. The molecule has 2 aliphatic heterocycles. The number of hydrogen-bond donors (Lipinski definition) is 6. The number of hydrogen-bond acceptors (Lipinski definition) is 9. The minimum Gasteiger partial charge on any atom is -0.481 e. The van der Waals surface area contributed by atoms with E-state index in [9.17, 15) is 42.3 Å². The number of aliphatic carboxylic acids is 3. The van der Waals surface area contributed by atoms with Gasteiger partial charge in [0.25, 0.3) is 0 Å². The molecule has 0 saturated heterocycles. The lowest BCUT2D eigenvalue weighted by Crippen LogP contribution is -2.30. The molecule has 17 heteroatoms. The van der Waals surface area contributed by atoms with Gasteiger partial charge in [-0.15, -0.1) is 13.2 Å². The molecule has 0 spiro atoms. The van der Waals surface area contributed by atoms with Gasteiger partial charge in [0.2, 0.25) is 11.6 Å². The fourth-order valence-corrected chi connectivity index (χ4v) is 8.23. The molecule has 0 aliphatic carbocycles. The van der Waals surface area contributed by atoms with E-state index in [0.717, 1.165) is 17.0 Å². The number of amides is 1. The number of nitrogens with two attached hydrogens (primary N) is 2. The minimum atomic E-state index is -4.83. The number of primary amides is 1. The number of carboxylic acid groups (broad SMARTS) is 3. The van der Waals surface area contributed by atoms with Crippen LogP contribution < -0.4 is 16.4 Å². The summed E-state index contributed by atoms with van der Waals surface area (Å²) in [6, 6.07) is 25.7. The zero-order valence-electron chi connectivity index (χ0n) is 42.5. The van der Waals surface area contributed by atoms with E-state index in [0.29, 0.717) is 26.4 Å². The highest BCUT2D eigenvalue weighted by Gasteiger charge is 2.45. The molecule has 14 nitrogen and oxygen atoms in total. The lowest BCUT2D eigenvalue weighted by molar-refractivity contribution is -0.440. The Morgan fingerprint density at radius 3 is 1.78 bits per heavy atom. The molecule has 4 aromatic carbocycles. The molecule has 0 saturated carbocycles. The summed E-state index contributed by atoms with van der Waals surface area (Å²) >= 11 is 0. The Kier molecular flexibility index (Phi) is 23.8. The third-order valence-electron chi connectivity index (χ3n) is 11.3. The van der Waals surface area contributed by atoms with Crippen LogP contribution in [0, 0.1) is 0 Å². The van der Waals surface area contributed by atoms with Crippen molar-refractivity contribution in [3.63, 3.8) is 0 Å². The SMILES string of the molecule is CC.CC(/C=C/C=C1/N(CCC(N)=O)c2ccc3ccccc3c2C1(C)C)=C\C=C\C1=[N+](CCC(N)O)c2ccc3ccccc3c2C1(C)C.CC(=O)OC(F)(F)F.CCC(=O)O.O=C(O)CCCC(=O)O. The number of aliphatic hydroxyl groups excluding tert-OH is 1. The van der Waals surface area contributed by atoms with Crippen LogP contribution in [-0.2, 0) is 39.5 Å². The third-order valence-corrected chi connectivity index (χ3v) is 11.3. The van der Waals surface area contributed by atoms with E-state index in [-0.39, 0.29) is 48.8 Å². The maximum atomic E-state index is 11.8. The second-order valence-electron chi connectivity index (χ2n) is 17.5. The van der Waals surface area contributed by atoms with E-state index in [1.165, 1.54) is 44.1 Å². The first-order chi connectivity index (χ1) is 33.7. The number of allylic oxidation sites excluding steroid dienone is 8. The molecule has 72 heavy (non-hydrogen) atoms. The number of alkyl halides is 3. The lowest BCUT2D eigenvalue weighted by atomic mass is 9.79. The predicted octanol–water partition coefficient (Wildman–Crippen LogP) is 10.6. The summed E-state index contributed by atoms with van der Waals surface area (Å²) in [5, 5.41) is 38.6. The van der Waals surface area contributed by atoms with Gasteiger partial charge in [0.1, 0.15) is 6.23 Å². The Balaban J connectivity index is 0.000000613. The van der Waals surface area contributed by atoms with Gasteiger partial charge in [-0.05, 0) is 72.5 Å². The molecule has 1 unspecified atom stereocenters. The van der Waals surface area contributed by atoms with Crippen molar-refractivity contribution in [2.75, 3.05) is 18.0 Å². The molecule has 2 aliphatic rings. The van der Waals surface area contributed by atoms with E-state index in [2.05, 4.69) is 158 Å². The molecule has 1 atom stereocenters. The van der Waals surface area contributed by atoms with Crippen LogP contribution in [0.25, 0.3) is 21.5 Å². The van der Waals surface area contributed by atoms with Gasteiger partial charge in [0.05, 0.1) is 5.41 Å². The van der Waals surface area contributed by atoms with Crippen molar-refractivity contribution in [3.8, 4) is 0 Å². The average Bonchev–Trinajstić information content (AvgIpc) is 3.65. The summed E-state index contributed by atoms with van der Waals surface area (Å²) in [5.41, 5.74) is 19.2. The topological polar surface area (TPSA) is 234 Å². The van der Waals surface area contributed by atoms with Crippen molar-refractivity contribution in [1.82, 2.24) is 0 Å². The first-order valence-electron chi connectivity index (χ1n) is 23.6. The van der Waals surface area contributed by atoms with Gasteiger partial charge in [0.15, 0.2) is 12.3 Å². The highest BCUT2D eigenvalue weighted by Crippen LogP contribution is 2.51. The van der Waals surface area contributed by atoms with Crippen molar-refractivity contribution in [2.24, 2.45) is 11.5 Å². The van der Waals surface area contributed by atoms with Gasteiger partial charge < -0.3 is 41.5 Å². The highest BCUT2D eigenvalue weighted by atomic mass is 19.4. The van der Waals surface area contributed by atoms with Gasteiger partial charge >= 0.3 is 30.2 Å². The molecular weight excluding hydrogens is 934 g/mol. The molecule has 1 amide bonds. The van der Waals surface area contributed by atoms with Gasteiger partial charge in [-0.2, -0.15) is 4.58 Å². The Morgan fingerprint density at radius 2 is 1.31 bits per heavy atom. The Hall–Kier alpha value is -7.11. The molecular formula is C55H70F3N4O10+. The number of fused-ring (bicyclic) bond motifs is 6. The number of anilines is 1. The summed E-state index contributed by atoms with van der Waals surface area (Å²) in [7, 11) is 0.